The molecule has 0 bridgehead atoms. The third kappa shape index (κ3) is 4.57. The van der Waals surface area contributed by atoms with Crippen molar-refractivity contribution in [3.05, 3.63) is 65.7 Å². The van der Waals surface area contributed by atoms with Crippen LogP contribution in [0, 0.1) is 5.92 Å². The predicted molar refractivity (Wildman–Crippen MR) is 106 cm³/mol. The minimum absolute atomic E-state index is 0.164. The fourth-order valence-electron chi connectivity index (χ4n) is 3.28. The lowest BCUT2D eigenvalue weighted by molar-refractivity contribution is 0.0939. The monoisotopic (exact) mass is 386 g/mol. The second-order valence-electron chi connectivity index (χ2n) is 7.22. The molecule has 5 nitrogen and oxygen atoms in total. The van der Waals surface area contributed by atoms with E-state index < -0.39 is 10.0 Å². The third-order valence-electron chi connectivity index (χ3n) is 5.12. The van der Waals surface area contributed by atoms with E-state index in [4.69, 9.17) is 0 Å². The van der Waals surface area contributed by atoms with E-state index in [1.807, 2.05) is 37.3 Å². The summed E-state index contributed by atoms with van der Waals surface area (Å²) in [5.74, 6) is 0.267. The molecule has 0 spiro atoms. The van der Waals surface area contributed by atoms with Crippen molar-refractivity contribution < 1.29 is 13.2 Å². The summed E-state index contributed by atoms with van der Waals surface area (Å²) in [4.78, 5) is 12.8. The number of rotatable bonds is 5. The van der Waals surface area contributed by atoms with Crippen molar-refractivity contribution in [2.75, 3.05) is 13.1 Å². The van der Waals surface area contributed by atoms with E-state index >= 15 is 0 Å². The number of carbonyl (C=O) groups excluding carboxylic acids is 1. The fourth-order valence-corrected chi connectivity index (χ4v) is 4.79. The first kappa shape index (κ1) is 19.6. The Morgan fingerprint density at radius 2 is 1.74 bits per heavy atom. The van der Waals surface area contributed by atoms with Crippen LogP contribution in [0.2, 0.25) is 0 Å². The number of amides is 1. The van der Waals surface area contributed by atoms with Gasteiger partial charge in [0.15, 0.2) is 0 Å². The van der Waals surface area contributed by atoms with Crippen molar-refractivity contribution in [3.63, 3.8) is 0 Å². The lowest BCUT2D eigenvalue weighted by Crippen LogP contribution is -2.38. The second kappa shape index (κ2) is 8.23. The largest absolute Gasteiger partial charge is 0.346 e. The Morgan fingerprint density at radius 1 is 1.07 bits per heavy atom. The van der Waals surface area contributed by atoms with Crippen LogP contribution in [0.25, 0.3) is 0 Å². The topological polar surface area (TPSA) is 66.5 Å². The minimum Gasteiger partial charge on any atom is -0.346 e. The summed E-state index contributed by atoms with van der Waals surface area (Å²) in [6, 6.07) is 15.8. The van der Waals surface area contributed by atoms with Crippen molar-refractivity contribution in [2.45, 2.75) is 37.6 Å². The third-order valence-corrected chi connectivity index (χ3v) is 7.02. The van der Waals surface area contributed by atoms with Crippen molar-refractivity contribution in [1.82, 2.24) is 9.62 Å². The predicted octanol–water partition coefficient (Wildman–Crippen LogP) is 3.60. The van der Waals surface area contributed by atoms with Crippen LogP contribution in [0.5, 0.6) is 0 Å². The molecule has 1 unspecified atom stereocenters. The maximum Gasteiger partial charge on any atom is 0.251 e. The highest BCUT2D eigenvalue weighted by Crippen LogP contribution is 2.24. The van der Waals surface area contributed by atoms with Crippen molar-refractivity contribution in [1.29, 1.82) is 0 Å². The Morgan fingerprint density at radius 3 is 2.41 bits per heavy atom. The Hall–Kier alpha value is -2.18. The lowest BCUT2D eigenvalue weighted by Gasteiger charge is -2.29. The maximum absolute atomic E-state index is 12.9. The smallest absolute Gasteiger partial charge is 0.251 e. The van der Waals surface area contributed by atoms with E-state index in [0.29, 0.717) is 24.6 Å². The first-order valence-electron chi connectivity index (χ1n) is 9.34. The second-order valence-corrected chi connectivity index (χ2v) is 9.16. The summed E-state index contributed by atoms with van der Waals surface area (Å²) in [6.07, 6.45) is 1.74. The molecule has 3 rings (SSSR count). The Kier molecular flexibility index (Phi) is 5.97. The number of nitrogens with one attached hydrogen (secondary N) is 1. The molecule has 27 heavy (non-hydrogen) atoms. The zero-order valence-corrected chi connectivity index (χ0v) is 16.6. The van der Waals surface area contributed by atoms with Gasteiger partial charge in [-0.1, -0.05) is 43.3 Å². The zero-order valence-electron chi connectivity index (χ0n) is 15.8. The van der Waals surface area contributed by atoms with Gasteiger partial charge in [-0.25, -0.2) is 8.42 Å². The molecule has 2 aromatic rings. The average molecular weight is 387 g/mol. The highest BCUT2D eigenvalue weighted by molar-refractivity contribution is 7.89. The van der Waals surface area contributed by atoms with E-state index in [-0.39, 0.29) is 16.8 Å². The lowest BCUT2D eigenvalue weighted by atomic mass is 10.0. The van der Waals surface area contributed by atoms with Crippen LogP contribution in [0.4, 0.5) is 0 Å². The molecule has 144 valence electrons. The molecule has 1 heterocycles. The molecule has 1 fully saturated rings. The molecule has 0 radical (unpaired) electrons. The van der Waals surface area contributed by atoms with E-state index in [2.05, 4.69) is 12.2 Å². The van der Waals surface area contributed by atoms with E-state index in [0.717, 1.165) is 18.4 Å². The van der Waals surface area contributed by atoms with Crippen molar-refractivity contribution >= 4 is 15.9 Å². The zero-order chi connectivity index (χ0) is 19.4. The summed E-state index contributed by atoms with van der Waals surface area (Å²) in [7, 11) is -3.57. The minimum atomic E-state index is -3.57. The van der Waals surface area contributed by atoms with Gasteiger partial charge in [0, 0.05) is 18.7 Å². The Labute approximate surface area is 161 Å². The van der Waals surface area contributed by atoms with Crippen LogP contribution in [-0.2, 0) is 10.0 Å². The number of nitrogens with zero attached hydrogens (tertiary/aromatic N) is 1. The molecule has 1 aliphatic heterocycles. The van der Waals surface area contributed by atoms with Gasteiger partial charge in [0.05, 0.1) is 10.9 Å². The molecule has 1 aliphatic rings. The van der Waals surface area contributed by atoms with Crippen LogP contribution in [0.15, 0.2) is 59.5 Å². The SMILES string of the molecule is CC1CCN(S(=O)(=O)c2cccc(C(=O)NC(C)c3ccccc3)c2)CC1. The number of piperidine rings is 1. The number of sulfonamides is 1. The van der Waals surface area contributed by atoms with Gasteiger partial charge in [0.2, 0.25) is 10.0 Å². The van der Waals surface area contributed by atoms with Gasteiger partial charge in [-0.05, 0) is 49.4 Å². The van der Waals surface area contributed by atoms with E-state index in [1.54, 1.807) is 18.2 Å². The summed E-state index contributed by atoms with van der Waals surface area (Å²) < 4.78 is 27.3. The molecule has 1 saturated heterocycles. The van der Waals surface area contributed by atoms with Gasteiger partial charge in [-0.2, -0.15) is 4.31 Å². The Bertz CT molecular complexity index is 889. The molecular weight excluding hydrogens is 360 g/mol. The molecule has 6 heteroatoms. The molecule has 1 atom stereocenters. The molecule has 0 aromatic heterocycles. The van der Waals surface area contributed by atoms with E-state index in [9.17, 15) is 13.2 Å². The van der Waals surface area contributed by atoms with Crippen LogP contribution in [0.1, 0.15) is 48.7 Å². The number of carbonyl (C=O) groups is 1. The molecular formula is C21H26N2O3S. The van der Waals surface area contributed by atoms with Crippen LogP contribution in [0.3, 0.4) is 0 Å². The average Bonchev–Trinajstić information content (AvgIpc) is 2.69. The van der Waals surface area contributed by atoms with Crippen LogP contribution < -0.4 is 5.32 Å². The summed E-state index contributed by atoms with van der Waals surface area (Å²) >= 11 is 0. The standard InChI is InChI=1S/C21H26N2O3S/c1-16-11-13-23(14-12-16)27(25,26)20-10-6-9-19(15-20)21(24)22-17(2)18-7-4-3-5-8-18/h3-10,15-17H,11-14H2,1-2H3,(H,22,24). The number of hydrogen-bond donors (Lipinski definition) is 1. The van der Waals surface area contributed by atoms with Crippen molar-refractivity contribution in [3.8, 4) is 0 Å². The number of hydrogen-bond acceptors (Lipinski definition) is 3. The summed E-state index contributed by atoms with van der Waals surface area (Å²) in [5, 5.41) is 2.93. The van der Waals surface area contributed by atoms with Gasteiger partial charge in [-0.3, -0.25) is 4.79 Å². The summed E-state index contributed by atoms with van der Waals surface area (Å²) in [6.45, 7) is 5.11. The maximum atomic E-state index is 12.9. The number of benzene rings is 2. The van der Waals surface area contributed by atoms with Gasteiger partial charge in [-0.15, -0.1) is 0 Å². The molecule has 2 aromatic carbocycles. The molecule has 0 saturated carbocycles. The fraction of sp³-hybridized carbons (Fsp3) is 0.381. The highest BCUT2D eigenvalue weighted by atomic mass is 32.2. The molecule has 1 amide bonds. The van der Waals surface area contributed by atoms with Gasteiger partial charge in [0.1, 0.15) is 0 Å². The van der Waals surface area contributed by atoms with E-state index in [1.165, 1.54) is 10.4 Å². The first-order valence-corrected chi connectivity index (χ1v) is 10.8. The highest BCUT2D eigenvalue weighted by Gasteiger charge is 2.28. The first-order chi connectivity index (χ1) is 12.9. The van der Waals surface area contributed by atoms with Gasteiger partial charge in [0.25, 0.3) is 5.91 Å². The Balaban J connectivity index is 1.76. The molecule has 0 aliphatic carbocycles. The quantitative estimate of drug-likeness (QED) is 0.854. The van der Waals surface area contributed by atoms with Crippen LogP contribution >= 0.6 is 0 Å². The normalized spacial score (nSPS) is 17.4. The van der Waals surface area contributed by atoms with Crippen molar-refractivity contribution in [2.24, 2.45) is 5.92 Å². The summed E-state index contributed by atoms with van der Waals surface area (Å²) in [5.41, 5.74) is 1.35. The van der Waals surface area contributed by atoms with Gasteiger partial charge < -0.3 is 5.32 Å². The van der Waals surface area contributed by atoms with Crippen LogP contribution in [-0.4, -0.2) is 31.7 Å². The van der Waals surface area contributed by atoms with Gasteiger partial charge >= 0.3 is 0 Å². The molecule has 1 N–H and O–H groups in total.